The average Bonchev–Trinajstić information content (AvgIpc) is 2.78. The van der Waals surface area contributed by atoms with Crippen LogP contribution in [0.1, 0.15) is 19.2 Å². The minimum absolute atomic E-state index is 0.130. The molecule has 0 radical (unpaired) electrons. The summed E-state index contributed by atoms with van der Waals surface area (Å²) in [6.07, 6.45) is 0.195. The molecule has 0 unspecified atom stereocenters. The van der Waals surface area contributed by atoms with Crippen molar-refractivity contribution in [3.63, 3.8) is 0 Å². The maximum absolute atomic E-state index is 13.3. The van der Waals surface area contributed by atoms with Gasteiger partial charge in [-0.3, -0.25) is 9.59 Å². The maximum atomic E-state index is 13.3. The molecule has 0 bridgehead atoms. The Morgan fingerprint density at radius 2 is 1.84 bits per heavy atom. The molecule has 0 spiro atoms. The second-order valence-electron chi connectivity index (χ2n) is 6.82. The van der Waals surface area contributed by atoms with Gasteiger partial charge in [0.25, 0.3) is 5.56 Å². The number of H-pyrrole nitrogens is 1. The monoisotopic (exact) mass is 463 g/mol. The van der Waals surface area contributed by atoms with Crippen LogP contribution >= 0.6 is 11.8 Å². The molecular formula is C22H23F2N3O4S. The van der Waals surface area contributed by atoms with Gasteiger partial charge < -0.3 is 19.4 Å². The summed E-state index contributed by atoms with van der Waals surface area (Å²) in [5.74, 6) is -0.354. The Bertz CT molecular complexity index is 1190. The number of benzene rings is 2. The smallest absolute Gasteiger partial charge is 0.258 e. The van der Waals surface area contributed by atoms with Crippen LogP contribution in [0.2, 0.25) is 0 Å². The van der Waals surface area contributed by atoms with Crippen LogP contribution in [0.5, 0.6) is 11.5 Å². The normalized spacial score (nSPS) is 10.9. The number of hydrogen-bond donors (Lipinski definition) is 1. The van der Waals surface area contributed by atoms with Gasteiger partial charge in [0, 0.05) is 29.7 Å². The van der Waals surface area contributed by atoms with Crippen molar-refractivity contribution in [2.24, 2.45) is 0 Å². The number of aromatic amines is 1. The zero-order valence-electron chi connectivity index (χ0n) is 17.9. The predicted molar refractivity (Wildman–Crippen MR) is 118 cm³/mol. The van der Waals surface area contributed by atoms with Crippen molar-refractivity contribution < 1.29 is 23.0 Å². The van der Waals surface area contributed by atoms with Crippen LogP contribution in [0.3, 0.4) is 0 Å². The van der Waals surface area contributed by atoms with E-state index < -0.39 is 11.6 Å². The standard InChI is InChI=1S/C22H23F2N3O4S/c1-4-27(21(28)7-8-32-13-5-6-15(23)16(24)9-13)12-20-25-17-11-19(31-3)18(30-2)10-14(17)22(29)26-20/h5-6,9-11H,4,7-8,12H2,1-3H3,(H,25,26,29). The lowest BCUT2D eigenvalue weighted by Gasteiger charge is -2.20. The maximum Gasteiger partial charge on any atom is 0.258 e. The van der Waals surface area contributed by atoms with Gasteiger partial charge in [-0.2, -0.15) is 0 Å². The van der Waals surface area contributed by atoms with Gasteiger partial charge in [0.15, 0.2) is 23.1 Å². The fourth-order valence-corrected chi connectivity index (χ4v) is 3.99. The Morgan fingerprint density at radius 3 is 2.50 bits per heavy atom. The van der Waals surface area contributed by atoms with Gasteiger partial charge in [0.05, 0.1) is 31.7 Å². The molecule has 170 valence electrons. The van der Waals surface area contributed by atoms with Gasteiger partial charge in [-0.25, -0.2) is 13.8 Å². The lowest BCUT2D eigenvalue weighted by atomic mass is 10.2. The molecule has 0 aliphatic rings. The highest BCUT2D eigenvalue weighted by Crippen LogP contribution is 2.30. The molecule has 2 aromatic carbocycles. The number of rotatable bonds is 9. The van der Waals surface area contributed by atoms with Gasteiger partial charge >= 0.3 is 0 Å². The highest BCUT2D eigenvalue weighted by molar-refractivity contribution is 7.99. The molecule has 0 aliphatic carbocycles. The van der Waals surface area contributed by atoms with E-state index in [0.717, 1.165) is 12.1 Å². The Labute approximate surface area is 187 Å². The van der Waals surface area contributed by atoms with E-state index in [0.29, 0.717) is 45.4 Å². The van der Waals surface area contributed by atoms with Crippen molar-refractivity contribution in [2.45, 2.75) is 24.8 Å². The average molecular weight is 464 g/mol. The van der Waals surface area contributed by atoms with Crippen molar-refractivity contribution in [3.8, 4) is 11.5 Å². The number of methoxy groups -OCH3 is 2. The summed E-state index contributed by atoms with van der Waals surface area (Å²) in [6.45, 7) is 2.38. The SMILES string of the molecule is CCN(Cc1nc2cc(OC)c(OC)cc2c(=O)[nH]1)C(=O)CCSc1ccc(F)c(F)c1. The molecule has 3 rings (SSSR count). The Balaban J connectivity index is 1.70. The summed E-state index contributed by atoms with van der Waals surface area (Å²) < 4.78 is 36.8. The zero-order valence-corrected chi connectivity index (χ0v) is 18.7. The summed E-state index contributed by atoms with van der Waals surface area (Å²) in [4.78, 5) is 34.5. The summed E-state index contributed by atoms with van der Waals surface area (Å²) in [5.41, 5.74) is 0.0853. The molecule has 1 N–H and O–H groups in total. The van der Waals surface area contributed by atoms with Crippen molar-refractivity contribution in [3.05, 3.63) is 58.1 Å². The largest absolute Gasteiger partial charge is 0.493 e. The minimum atomic E-state index is -0.919. The number of amides is 1. The number of nitrogens with zero attached hydrogens (tertiary/aromatic N) is 2. The van der Waals surface area contributed by atoms with Crippen molar-refractivity contribution in [2.75, 3.05) is 26.5 Å². The number of thioether (sulfide) groups is 1. The number of halogens is 2. The molecule has 0 saturated carbocycles. The number of ether oxygens (including phenoxy) is 2. The number of aromatic nitrogens is 2. The lowest BCUT2D eigenvalue weighted by molar-refractivity contribution is -0.131. The molecule has 1 amide bonds. The van der Waals surface area contributed by atoms with E-state index in [9.17, 15) is 18.4 Å². The first-order chi connectivity index (χ1) is 15.4. The van der Waals surface area contributed by atoms with Crippen LogP contribution in [0.4, 0.5) is 8.78 Å². The highest BCUT2D eigenvalue weighted by Gasteiger charge is 2.16. The number of nitrogens with one attached hydrogen (secondary N) is 1. The van der Waals surface area contributed by atoms with Crippen molar-refractivity contribution in [1.82, 2.24) is 14.9 Å². The van der Waals surface area contributed by atoms with Crippen LogP contribution in [0.25, 0.3) is 10.9 Å². The molecule has 0 fully saturated rings. The summed E-state index contributed by atoms with van der Waals surface area (Å²) in [5, 5.41) is 0.351. The van der Waals surface area contributed by atoms with Crippen molar-refractivity contribution >= 4 is 28.6 Å². The molecule has 32 heavy (non-hydrogen) atoms. The second kappa shape index (κ2) is 10.4. The molecule has 3 aromatic rings. The van der Waals surface area contributed by atoms with Crippen LogP contribution in [0.15, 0.2) is 40.0 Å². The summed E-state index contributed by atoms with van der Waals surface area (Å²) in [6, 6.07) is 6.81. The van der Waals surface area contributed by atoms with Gasteiger partial charge in [-0.15, -0.1) is 11.8 Å². The topological polar surface area (TPSA) is 84.5 Å². The van der Waals surface area contributed by atoms with Crippen LogP contribution in [-0.2, 0) is 11.3 Å². The predicted octanol–water partition coefficient (Wildman–Crippen LogP) is 3.75. The van der Waals surface area contributed by atoms with E-state index in [1.54, 1.807) is 17.0 Å². The number of carbonyl (C=O) groups excluding carboxylic acids is 1. The quantitative estimate of drug-likeness (QED) is 0.487. The third-order valence-electron chi connectivity index (χ3n) is 4.81. The molecule has 1 aromatic heterocycles. The van der Waals surface area contributed by atoms with Gasteiger partial charge in [0.1, 0.15) is 5.82 Å². The molecule has 0 atom stereocenters. The minimum Gasteiger partial charge on any atom is -0.493 e. The van der Waals surface area contributed by atoms with E-state index in [1.807, 2.05) is 6.92 Å². The summed E-state index contributed by atoms with van der Waals surface area (Å²) >= 11 is 1.26. The molecule has 1 heterocycles. The van der Waals surface area contributed by atoms with E-state index >= 15 is 0 Å². The van der Waals surface area contributed by atoms with Crippen LogP contribution < -0.4 is 15.0 Å². The van der Waals surface area contributed by atoms with Gasteiger partial charge in [-0.05, 0) is 31.2 Å². The first-order valence-electron chi connectivity index (χ1n) is 9.86. The van der Waals surface area contributed by atoms with E-state index in [1.165, 1.54) is 32.0 Å². The molecule has 10 heteroatoms. The fourth-order valence-electron chi connectivity index (χ4n) is 3.13. The molecule has 0 aliphatic heterocycles. The third kappa shape index (κ3) is 5.37. The first-order valence-corrected chi connectivity index (χ1v) is 10.8. The van der Waals surface area contributed by atoms with Crippen molar-refractivity contribution in [1.29, 1.82) is 0 Å². The number of carbonyl (C=O) groups is 1. The highest BCUT2D eigenvalue weighted by atomic mass is 32.2. The Kier molecular flexibility index (Phi) is 7.68. The zero-order chi connectivity index (χ0) is 23.3. The van der Waals surface area contributed by atoms with Crippen LogP contribution in [-0.4, -0.2) is 47.3 Å². The fraction of sp³-hybridized carbons (Fsp3) is 0.318. The van der Waals surface area contributed by atoms with Gasteiger partial charge in [-0.1, -0.05) is 0 Å². The number of fused-ring (bicyclic) bond motifs is 1. The Morgan fingerprint density at radius 1 is 1.12 bits per heavy atom. The van der Waals surface area contributed by atoms with Crippen LogP contribution in [0, 0.1) is 11.6 Å². The van der Waals surface area contributed by atoms with E-state index in [4.69, 9.17) is 9.47 Å². The third-order valence-corrected chi connectivity index (χ3v) is 5.81. The second-order valence-corrected chi connectivity index (χ2v) is 7.99. The summed E-state index contributed by atoms with van der Waals surface area (Å²) in [7, 11) is 2.98. The molecule has 0 saturated heterocycles. The van der Waals surface area contributed by atoms with E-state index in [-0.39, 0.29) is 24.4 Å². The lowest BCUT2D eigenvalue weighted by Crippen LogP contribution is -2.32. The Hall–Kier alpha value is -3.14. The number of hydrogen-bond acceptors (Lipinski definition) is 6. The molecule has 7 nitrogen and oxygen atoms in total. The first kappa shape index (κ1) is 23.5. The van der Waals surface area contributed by atoms with Gasteiger partial charge in [0.2, 0.25) is 5.91 Å². The van der Waals surface area contributed by atoms with E-state index in [2.05, 4.69) is 9.97 Å². The molecular weight excluding hydrogens is 440 g/mol.